The minimum atomic E-state index is 0.723. The molecule has 18 heavy (non-hydrogen) atoms. The zero-order valence-electron chi connectivity index (χ0n) is 10.9. The van der Waals surface area contributed by atoms with Crippen molar-refractivity contribution in [2.45, 2.75) is 25.7 Å². The average molecular weight is 263 g/mol. The Bertz CT molecular complexity index is 433. The van der Waals surface area contributed by atoms with E-state index in [4.69, 9.17) is 5.73 Å². The molecule has 4 heteroatoms. The van der Waals surface area contributed by atoms with E-state index in [9.17, 15) is 0 Å². The number of piperidine rings is 1. The summed E-state index contributed by atoms with van der Waals surface area (Å²) in [5.41, 5.74) is 10.1. The molecule has 0 bridgehead atoms. The van der Waals surface area contributed by atoms with Crippen LogP contribution in [0.2, 0.25) is 0 Å². The second kappa shape index (κ2) is 4.57. The lowest BCUT2D eigenvalue weighted by Crippen LogP contribution is -2.34. The van der Waals surface area contributed by atoms with Crippen molar-refractivity contribution in [2.24, 2.45) is 5.41 Å². The Kier molecular flexibility index (Phi) is 3.06. The first-order valence-electron chi connectivity index (χ1n) is 6.66. The van der Waals surface area contributed by atoms with Gasteiger partial charge in [-0.25, -0.2) is 0 Å². The molecule has 3 N–H and O–H groups in total. The SMILES string of the molecule is CSNc1ccc(N)c(N2CCC3(CC2)CC3)c1. The fourth-order valence-corrected chi connectivity index (χ4v) is 3.26. The zero-order valence-corrected chi connectivity index (χ0v) is 11.7. The van der Waals surface area contributed by atoms with E-state index in [-0.39, 0.29) is 0 Å². The van der Waals surface area contributed by atoms with Crippen LogP contribution in [0.1, 0.15) is 25.7 Å². The van der Waals surface area contributed by atoms with E-state index in [0.717, 1.165) is 29.9 Å². The summed E-state index contributed by atoms with van der Waals surface area (Å²) in [6, 6.07) is 6.23. The third-order valence-electron chi connectivity index (χ3n) is 4.37. The van der Waals surface area contributed by atoms with Crippen LogP contribution in [0.15, 0.2) is 18.2 Å². The highest BCUT2D eigenvalue weighted by Gasteiger charge is 2.44. The van der Waals surface area contributed by atoms with Gasteiger partial charge in [0.25, 0.3) is 0 Å². The molecule has 0 atom stereocenters. The van der Waals surface area contributed by atoms with Gasteiger partial charge in [-0.15, -0.1) is 0 Å². The van der Waals surface area contributed by atoms with E-state index in [1.807, 2.05) is 18.4 Å². The van der Waals surface area contributed by atoms with Crippen molar-refractivity contribution in [1.29, 1.82) is 0 Å². The highest BCUT2D eigenvalue weighted by molar-refractivity contribution is 7.99. The molecule has 1 aromatic rings. The summed E-state index contributed by atoms with van der Waals surface area (Å²) < 4.78 is 3.28. The largest absolute Gasteiger partial charge is 0.397 e. The Balaban J connectivity index is 1.76. The highest BCUT2D eigenvalue weighted by atomic mass is 32.2. The van der Waals surface area contributed by atoms with Crippen LogP contribution >= 0.6 is 11.9 Å². The zero-order chi connectivity index (χ0) is 12.6. The lowest BCUT2D eigenvalue weighted by molar-refractivity contribution is 0.384. The van der Waals surface area contributed by atoms with Crippen molar-refractivity contribution >= 4 is 29.0 Å². The smallest absolute Gasteiger partial charge is 0.0620 e. The van der Waals surface area contributed by atoms with Crippen molar-refractivity contribution in [3.8, 4) is 0 Å². The van der Waals surface area contributed by atoms with Gasteiger partial charge in [0, 0.05) is 25.0 Å². The number of hydrogen-bond donors (Lipinski definition) is 2. The first-order valence-corrected chi connectivity index (χ1v) is 7.88. The van der Waals surface area contributed by atoms with Crippen LogP contribution in [0.5, 0.6) is 0 Å². The molecule has 1 heterocycles. The van der Waals surface area contributed by atoms with Gasteiger partial charge < -0.3 is 15.4 Å². The number of nitrogens with one attached hydrogen (secondary N) is 1. The van der Waals surface area contributed by atoms with E-state index >= 15 is 0 Å². The molecule has 1 saturated carbocycles. The first kappa shape index (κ1) is 12.0. The van der Waals surface area contributed by atoms with Crippen molar-refractivity contribution in [2.75, 3.05) is 34.7 Å². The van der Waals surface area contributed by atoms with Crippen LogP contribution in [0.3, 0.4) is 0 Å². The minimum absolute atomic E-state index is 0.723. The molecule has 3 nitrogen and oxygen atoms in total. The normalized spacial score (nSPS) is 21.1. The molecule has 1 spiro atoms. The van der Waals surface area contributed by atoms with Crippen LogP contribution in [0, 0.1) is 5.41 Å². The van der Waals surface area contributed by atoms with Crippen molar-refractivity contribution in [3.63, 3.8) is 0 Å². The Morgan fingerprint density at radius 1 is 1.22 bits per heavy atom. The Morgan fingerprint density at radius 3 is 2.56 bits per heavy atom. The van der Waals surface area contributed by atoms with Crippen LogP contribution in [0.25, 0.3) is 0 Å². The van der Waals surface area contributed by atoms with Gasteiger partial charge >= 0.3 is 0 Å². The fourth-order valence-electron chi connectivity index (χ4n) is 2.90. The molecule has 2 aliphatic rings. The van der Waals surface area contributed by atoms with Crippen LogP contribution in [0.4, 0.5) is 17.1 Å². The standard InChI is InChI=1S/C14H21N3S/c1-18-16-11-2-3-12(15)13(10-11)17-8-6-14(4-5-14)7-9-17/h2-3,10,16H,4-9,15H2,1H3. The molecular weight excluding hydrogens is 242 g/mol. The molecule has 1 aliphatic heterocycles. The fraction of sp³-hybridized carbons (Fsp3) is 0.571. The molecule has 1 aliphatic carbocycles. The minimum Gasteiger partial charge on any atom is -0.397 e. The molecule has 0 radical (unpaired) electrons. The second-order valence-corrected chi connectivity index (χ2v) is 6.18. The van der Waals surface area contributed by atoms with Crippen molar-refractivity contribution in [1.82, 2.24) is 0 Å². The maximum atomic E-state index is 6.12. The number of rotatable bonds is 3. The monoisotopic (exact) mass is 263 g/mol. The van der Waals surface area contributed by atoms with Crippen molar-refractivity contribution in [3.05, 3.63) is 18.2 Å². The predicted octanol–water partition coefficient (Wildman–Crippen LogP) is 3.34. The summed E-state index contributed by atoms with van der Waals surface area (Å²) in [6.07, 6.45) is 7.61. The van der Waals surface area contributed by atoms with Gasteiger partial charge in [-0.3, -0.25) is 0 Å². The maximum Gasteiger partial charge on any atom is 0.0620 e. The van der Waals surface area contributed by atoms with Crippen LogP contribution in [-0.2, 0) is 0 Å². The third-order valence-corrected chi connectivity index (χ3v) is 4.81. The number of nitrogens with two attached hydrogens (primary N) is 1. The predicted molar refractivity (Wildman–Crippen MR) is 81.1 cm³/mol. The molecule has 3 rings (SSSR count). The Labute approximate surface area is 113 Å². The van der Waals surface area contributed by atoms with E-state index in [1.54, 1.807) is 11.9 Å². The number of nitrogen functional groups attached to an aromatic ring is 1. The van der Waals surface area contributed by atoms with Gasteiger partial charge in [0.15, 0.2) is 0 Å². The lowest BCUT2D eigenvalue weighted by Gasteiger charge is -2.34. The molecule has 1 saturated heterocycles. The van der Waals surface area contributed by atoms with E-state index in [2.05, 4.69) is 15.7 Å². The molecule has 0 amide bonds. The number of hydrogen-bond acceptors (Lipinski definition) is 4. The molecule has 98 valence electrons. The molecule has 0 aromatic heterocycles. The molecule has 1 aromatic carbocycles. The lowest BCUT2D eigenvalue weighted by atomic mass is 9.93. The topological polar surface area (TPSA) is 41.3 Å². The van der Waals surface area contributed by atoms with Gasteiger partial charge in [0.05, 0.1) is 11.4 Å². The quantitative estimate of drug-likeness (QED) is 0.648. The summed E-state index contributed by atoms with van der Waals surface area (Å²) in [5, 5.41) is 0. The Hall–Kier alpha value is -1.03. The average Bonchev–Trinajstić information content (AvgIpc) is 3.13. The van der Waals surface area contributed by atoms with Crippen LogP contribution in [-0.4, -0.2) is 19.3 Å². The summed E-state index contributed by atoms with van der Waals surface area (Å²) in [7, 11) is 0. The molecular formula is C14H21N3S. The number of nitrogens with zero attached hydrogens (tertiary/aromatic N) is 1. The van der Waals surface area contributed by atoms with Gasteiger partial charge in [0.2, 0.25) is 0 Å². The number of anilines is 3. The van der Waals surface area contributed by atoms with Crippen molar-refractivity contribution < 1.29 is 0 Å². The molecule has 2 fully saturated rings. The van der Waals surface area contributed by atoms with E-state index in [1.165, 1.54) is 31.4 Å². The van der Waals surface area contributed by atoms with Gasteiger partial charge in [0.1, 0.15) is 0 Å². The summed E-state index contributed by atoms with van der Waals surface area (Å²) in [4.78, 5) is 2.45. The summed E-state index contributed by atoms with van der Waals surface area (Å²) in [5.74, 6) is 0. The molecule has 0 unspecified atom stereocenters. The van der Waals surface area contributed by atoms with Gasteiger partial charge in [-0.1, -0.05) is 11.9 Å². The summed E-state index contributed by atoms with van der Waals surface area (Å²) >= 11 is 1.62. The van der Waals surface area contributed by atoms with Gasteiger partial charge in [-0.05, 0) is 49.3 Å². The second-order valence-electron chi connectivity index (χ2n) is 5.57. The van der Waals surface area contributed by atoms with Crippen LogP contribution < -0.4 is 15.4 Å². The summed E-state index contributed by atoms with van der Waals surface area (Å²) in [6.45, 7) is 2.32. The maximum absolute atomic E-state index is 6.12. The van der Waals surface area contributed by atoms with Gasteiger partial charge in [-0.2, -0.15) is 0 Å². The highest BCUT2D eigenvalue weighted by Crippen LogP contribution is 2.54. The third kappa shape index (κ3) is 2.26. The van der Waals surface area contributed by atoms with E-state index < -0.39 is 0 Å². The number of benzene rings is 1. The Morgan fingerprint density at radius 2 is 1.94 bits per heavy atom. The first-order chi connectivity index (χ1) is 8.72. The van der Waals surface area contributed by atoms with E-state index in [0.29, 0.717) is 0 Å².